The summed E-state index contributed by atoms with van der Waals surface area (Å²) < 4.78 is 84.7. The number of carboxylic acid groups (broad SMARTS) is 1. The van der Waals surface area contributed by atoms with Crippen molar-refractivity contribution in [1.82, 2.24) is 0 Å². The number of benzene rings is 2. The maximum Gasteiger partial charge on any atom is 0.416 e. The molecule has 3 aromatic rings. The lowest BCUT2D eigenvalue weighted by atomic mass is 9.91. The smallest absolute Gasteiger partial charge is 0.416 e. The summed E-state index contributed by atoms with van der Waals surface area (Å²) in [4.78, 5) is 23.5. The zero-order valence-electron chi connectivity index (χ0n) is 19.7. The zero-order valence-corrected chi connectivity index (χ0v) is 19.7. The number of alkyl halides is 6. The number of hydrogen-bond donors (Lipinski definition) is 1. The molecule has 0 heterocycles. The molecule has 0 bridgehead atoms. The van der Waals surface area contributed by atoms with Crippen LogP contribution in [0.4, 0.5) is 26.3 Å². The fraction of sp³-hybridized carbons (Fsp3) is 0.103. The van der Waals surface area contributed by atoms with Gasteiger partial charge in [0.25, 0.3) is 0 Å². The molecule has 0 radical (unpaired) electrons. The average Bonchev–Trinajstić information content (AvgIpc) is 2.87. The van der Waals surface area contributed by atoms with Crippen LogP contribution in [0.3, 0.4) is 0 Å². The highest BCUT2D eigenvalue weighted by molar-refractivity contribution is 6.17. The number of aliphatic carboxylic acids is 1. The number of carbonyl (C=O) groups excluding carboxylic acids is 1. The van der Waals surface area contributed by atoms with Gasteiger partial charge in [-0.25, -0.2) is 4.79 Å². The highest BCUT2D eigenvalue weighted by Crippen LogP contribution is 2.37. The van der Waals surface area contributed by atoms with Gasteiger partial charge in [0, 0.05) is 28.3 Å². The van der Waals surface area contributed by atoms with E-state index in [4.69, 9.17) is 9.84 Å². The van der Waals surface area contributed by atoms with E-state index in [0.717, 1.165) is 12.2 Å². The van der Waals surface area contributed by atoms with Crippen LogP contribution in [0.1, 0.15) is 43.7 Å². The number of ether oxygens (including phenoxy) is 1. The highest BCUT2D eigenvalue weighted by Gasteiger charge is 2.36. The van der Waals surface area contributed by atoms with Crippen molar-refractivity contribution in [3.05, 3.63) is 117 Å². The normalized spacial score (nSPS) is 14.4. The Balaban J connectivity index is 1.52. The molecule has 0 unspecified atom stereocenters. The van der Waals surface area contributed by atoms with Crippen LogP contribution in [0.15, 0.2) is 66.3 Å². The van der Waals surface area contributed by atoms with Gasteiger partial charge in [-0.3, -0.25) is 4.79 Å². The summed E-state index contributed by atoms with van der Waals surface area (Å²) in [6, 6.07) is 14.6. The van der Waals surface area contributed by atoms with E-state index in [1.165, 1.54) is 30.4 Å². The first-order valence-corrected chi connectivity index (χ1v) is 11.1. The maximum absolute atomic E-state index is 13.2. The molecule has 0 atom stereocenters. The minimum absolute atomic E-state index is 0.0258. The molecule has 1 aliphatic carbocycles. The molecule has 0 aromatic heterocycles. The van der Waals surface area contributed by atoms with Gasteiger partial charge in [-0.2, -0.15) is 26.3 Å². The fourth-order valence-electron chi connectivity index (χ4n) is 3.67. The van der Waals surface area contributed by atoms with Gasteiger partial charge in [-0.05, 0) is 71.8 Å². The monoisotopic (exact) mass is 542 g/mol. The van der Waals surface area contributed by atoms with Crippen LogP contribution in [0.2, 0.25) is 0 Å². The molecule has 0 amide bonds. The Labute approximate surface area is 218 Å². The molecular weight excluding hydrogens is 526 g/mol. The van der Waals surface area contributed by atoms with Crippen molar-refractivity contribution in [3.8, 4) is 5.75 Å². The first-order valence-electron chi connectivity index (χ1n) is 11.1. The third-order valence-electron chi connectivity index (χ3n) is 5.54. The summed E-state index contributed by atoms with van der Waals surface area (Å²) >= 11 is 0. The predicted octanol–water partition coefficient (Wildman–Crippen LogP) is 7.29. The van der Waals surface area contributed by atoms with E-state index in [-0.39, 0.29) is 23.8 Å². The molecule has 4 nitrogen and oxygen atoms in total. The minimum atomic E-state index is -5.00. The molecule has 0 saturated carbocycles. The number of carboxylic acids is 1. The van der Waals surface area contributed by atoms with Crippen LogP contribution in [0.25, 0.3) is 18.2 Å². The van der Waals surface area contributed by atoms with Crippen LogP contribution in [0, 0.1) is 12.1 Å². The van der Waals surface area contributed by atoms with Gasteiger partial charge in [0.1, 0.15) is 12.4 Å². The number of hydrogen-bond acceptors (Lipinski definition) is 3. The topological polar surface area (TPSA) is 63.6 Å². The second kappa shape index (κ2) is 10.5. The van der Waals surface area contributed by atoms with Crippen LogP contribution < -0.4 is 4.74 Å². The quantitative estimate of drug-likeness (QED) is 0.262. The van der Waals surface area contributed by atoms with Crippen molar-refractivity contribution in [2.24, 2.45) is 0 Å². The van der Waals surface area contributed by atoms with E-state index in [1.54, 1.807) is 18.2 Å². The number of Topliss-reactive ketones (excluding diaryl/α,β-unsaturated/α-hetero) is 1. The van der Waals surface area contributed by atoms with Crippen molar-refractivity contribution in [2.75, 3.05) is 0 Å². The Morgan fingerprint density at radius 3 is 2.18 bits per heavy atom. The van der Waals surface area contributed by atoms with Crippen molar-refractivity contribution in [3.63, 3.8) is 0 Å². The molecule has 1 N–H and O–H groups in total. The molecule has 0 saturated heterocycles. The molecule has 0 aliphatic heterocycles. The van der Waals surface area contributed by atoms with Crippen molar-refractivity contribution in [1.29, 1.82) is 0 Å². The molecule has 3 aromatic carbocycles. The van der Waals surface area contributed by atoms with Gasteiger partial charge in [0.2, 0.25) is 0 Å². The summed E-state index contributed by atoms with van der Waals surface area (Å²) in [6.07, 6.45) is -3.86. The first-order chi connectivity index (χ1) is 18.3. The predicted molar refractivity (Wildman–Crippen MR) is 129 cm³/mol. The van der Waals surface area contributed by atoms with Crippen LogP contribution in [-0.2, 0) is 23.8 Å². The van der Waals surface area contributed by atoms with Gasteiger partial charge in [-0.15, -0.1) is 0 Å². The van der Waals surface area contributed by atoms with Gasteiger partial charge in [-0.1, -0.05) is 24.3 Å². The lowest BCUT2D eigenvalue weighted by Crippen LogP contribution is -2.12. The van der Waals surface area contributed by atoms with E-state index < -0.39 is 40.8 Å². The molecule has 39 heavy (non-hydrogen) atoms. The maximum atomic E-state index is 13.2. The largest absolute Gasteiger partial charge is 0.488 e. The van der Waals surface area contributed by atoms with E-state index in [1.807, 2.05) is 0 Å². The molecule has 0 fully saturated rings. The molecule has 0 spiro atoms. The second-order valence-electron chi connectivity index (χ2n) is 8.37. The van der Waals surface area contributed by atoms with Crippen molar-refractivity contribution in [2.45, 2.75) is 19.0 Å². The average molecular weight is 542 g/mol. The number of ketones is 1. The molecule has 10 heteroatoms. The second-order valence-corrected chi connectivity index (χ2v) is 8.37. The number of fused-ring (bicyclic) bond motifs is 1. The summed E-state index contributed by atoms with van der Waals surface area (Å²) in [5.41, 5.74) is -1.64. The highest BCUT2D eigenvalue weighted by atomic mass is 19.4. The Morgan fingerprint density at radius 2 is 1.59 bits per heavy atom. The van der Waals surface area contributed by atoms with Crippen molar-refractivity contribution < 1.29 is 45.8 Å². The molecular formula is C29H16F6O4. The van der Waals surface area contributed by atoms with Gasteiger partial charge in [0.05, 0.1) is 11.1 Å². The standard InChI is InChI=1S/C29H16F6O4/c30-28(31,32)22-12-19(13-23(15-22)29(33,34)35)11-21-7-6-20-14-24(8-9-25(20)27(21)38)39-16-18-3-1-17(2-4-18)5-10-26(36)37/h1,3,5-15H,16H2,(H,36,37)/b10-5+,21-11+. The zero-order chi connectivity index (χ0) is 28.4. The Morgan fingerprint density at radius 1 is 0.897 bits per heavy atom. The fourth-order valence-corrected chi connectivity index (χ4v) is 3.67. The summed E-state index contributed by atoms with van der Waals surface area (Å²) in [7, 11) is 0. The number of allylic oxidation sites excluding steroid dienone is 2. The molecule has 1 aliphatic rings. The van der Waals surface area contributed by atoms with Gasteiger partial charge >= 0.3 is 18.3 Å². The first kappa shape index (κ1) is 27.3. The van der Waals surface area contributed by atoms with Crippen LogP contribution in [0.5, 0.6) is 5.75 Å². The number of rotatable bonds is 6. The summed E-state index contributed by atoms with van der Waals surface area (Å²) in [5.74, 6) is -1.27. The summed E-state index contributed by atoms with van der Waals surface area (Å²) in [6.45, 7) is 0.0953. The van der Waals surface area contributed by atoms with E-state index in [0.29, 0.717) is 34.6 Å². The van der Waals surface area contributed by atoms with E-state index >= 15 is 0 Å². The Bertz CT molecular complexity index is 1480. The van der Waals surface area contributed by atoms with E-state index in [9.17, 15) is 35.9 Å². The third kappa shape index (κ3) is 6.76. The lowest BCUT2D eigenvalue weighted by Gasteiger charge is -2.15. The number of carbonyl (C=O) groups is 2. The Hall–Kier alpha value is -4.78. The Kier molecular flexibility index (Phi) is 7.36. The SMILES string of the molecule is O=C(O)/C=C/c1c#cc(COc2ccc3c(c2)C=C/C(=C\c2cc(C(F)(F)F)cc(C(F)(F)F)c2)C3=O)cc1. The molecule has 4 rings (SSSR count). The van der Waals surface area contributed by atoms with E-state index in [2.05, 4.69) is 12.1 Å². The third-order valence-corrected chi connectivity index (χ3v) is 5.54. The van der Waals surface area contributed by atoms with Gasteiger partial charge < -0.3 is 9.84 Å². The van der Waals surface area contributed by atoms with Crippen LogP contribution >= 0.6 is 0 Å². The van der Waals surface area contributed by atoms with Crippen molar-refractivity contribution >= 4 is 30.0 Å². The minimum Gasteiger partial charge on any atom is -0.488 e. The van der Waals surface area contributed by atoms with Gasteiger partial charge in [0.15, 0.2) is 5.78 Å². The summed E-state index contributed by atoms with van der Waals surface area (Å²) in [5, 5.41) is 8.66. The number of halogens is 6. The molecule has 198 valence electrons. The lowest BCUT2D eigenvalue weighted by molar-refractivity contribution is -0.143. The van der Waals surface area contributed by atoms with Crippen LogP contribution in [-0.4, -0.2) is 16.9 Å².